The van der Waals surface area contributed by atoms with Gasteiger partial charge in [-0.05, 0) is 37.3 Å². The Morgan fingerprint density at radius 3 is 2.75 bits per heavy atom. The minimum atomic E-state index is 0.224. The van der Waals surface area contributed by atoms with Crippen LogP contribution in [0.3, 0.4) is 0 Å². The average molecular weight is 268 g/mol. The van der Waals surface area contributed by atoms with Gasteiger partial charge in [0.1, 0.15) is 12.1 Å². The molecule has 4 nitrogen and oxygen atoms in total. The van der Waals surface area contributed by atoms with Gasteiger partial charge >= 0.3 is 0 Å². The minimum Gasteiger partial charge on any atom is -0.363 e. The van der Waals surface area contributed by atoms with Crippen molar-refractivity contribution in [2.75, 3.05) is 5.32 Å². The van der Waals surface area contributed by atoms with E-state index in [2.05, 4.69) is 46.5 Å². The molecule has 0 amide bonds. The van der Waals surface area contributed by atoms with E-state index in [-0.39, 0.29) is 6.04 Å². The van der Waals surface area contributed by atoms with Gasteiger partial charge in [0.05, 0.1) is 0 Å². The molecule has 1 heterocycles. The van der Waals surface area contributed by atoms with Crippen LogP contribution in [0.1, 0.15) is 41.8 Å². The number of nitrogens with one attached hydrogen (secondary N) is 1. The smallest absolute Gasteiger partial charge is 0.133 e. The first-order valence-corrected chi connectivity index (χ1v) is 7.16. The number of nitrogens with zero attached hydrogens (tertiary/aromatic N) is 2. The predicted molar refractivity (Wildman–Crippen MR) is 80.4 cm³/mol. The van der Waals surface area contributed by atoms with Crippen LogP contribution in [0.5, 0.6) is 0 Å². The van der Waals surface area contributed by atoms with Crippen molar-refractivity contribution in [2.45, 2.75) is 38.8 Å². The fourth-order valence-corrected chi connectivity index (χ4v) is 2.71. The summed E-state index contributed by atoms with van der Waals surface area (Å²) in [5.41, 5.74) is 10.5. The zero-order valence-electron chi connectivity index (χ0n) is 11.8. The molecule has 0 fully saturated rings. The zero-order chi connectivity index (χ0) is 13.9. The zero-order valence-corrected chi connectivity index (χ0v) is 11.8. The van der Waals surface area contributed by atoms with Crippen LogP contribution >= 0.6 is 0 Å². The van der Waals surface area contributed by atoms with Gasteiger partial charge in [0.25, 0.3) is 0 Å². The van der Waals surface area contributed by atoms with E-state index < -0.39 is 0 Å². The fourth-order valence-electron chi connectivity index (χ4n) is 2.71. The minimum absolute atomic E-state index is 0.224. The van der Waals surface area contributed by atoms with Gasteiger partial charge in [0, 0.05) is 23.8 Å². The Morgan fingerprint density at radius 1 is 1.20 bits per heavy atom. The molecule has 1 aliphatic rings. The van der Waals surface area contributed by atoms with Gasteiger partial charge in [-0.3, -0.25) is 0 Å². The van der Waals surface area contributed by atoms with E-state index in [1.54, 1.807) is 6.33 Å². The highest BCUT2D eigenvalue weighted by atomic mass is 15.0. The Kier molecular flexibility index (Phi) is 3.65. The summed E-state index contributed by atoms with van der Waals surface area (Å²) in [5, 5.41) is 3.51. The van der Waals surface area contributed by atoms with Crippen LogP contribution in [0.4, 0.5) is 5.82 Å². The predicted octanol–water partition coefficient (Wildman–Crippen LogP) is 2.60. The third-order valence-electron chi connectivity index (χ3n) is 3.94. The molecule has 1 unspecified atom stereocenters. The van der Waals surface area contributed by atoms with Crippen LogP contribution in [-0.2, 0) is 19.4 Å². The summed E-state index contributed by atoms with van der Waals surface area (Å²) in [6.07, 6.45) is 5.00. The summed E-state index contributed by atoms with van der Waals surface area (Å²) in [4.78, 5) is 8.76. The molecule has 0 bridgehead atoms. The van der Waals surface area contributed by atoms with Crippen molar-refractivity contribution in [2.24, 2.45) is 5.73 Å². The molecular formula is C16H20N4. The van der Waals surface area contributed by atoms with Gasteiger partial charge in [-0.2, -0.15) is 0 Å². The molecule has 2 aromatic rings. The number of aromatic nitrogens is 2. The van der Waals surface area contributed by atoms with E-state index in [0.29, 0.717) is 6.54 Å². The summed E-state index contributed by atoms with van der Waals surface area (Å²) in [5.74, 6) is 0.989. The summed E-state index contributed by atoms with van der Waals surface area (Å²) < 4.78 is 0. The molecule has 104 valence electrons. The third-order valence-corrected chi connectivity index (χ3v) is 3.94. The number of nitrogens with two attached hydrogens (primary N) is 1. The average Bonchev–Trinajstić information content (AvgIpc) is 2.97. The van der Waals surface area contributed by atoms with Crippen LogP contribution in [-0.4, -0.2) is 9.97 Å². The lowest BCUT2D eigenvalue weighted by atomic mass is 10.1. The third kappa shape index (κ3) is 2.51. The molecule has 1 aromatic carbocycles. The van der Waals surface area contributed by atoms with Gasteiger partial charge in [-0.1, -0.05) is 24.3 Å². The second-order valence-electron chi connectivity index (χ2n) is 5.31. The van der Waals surface area contributed by atoms with Crippen molar-refractivity contribution in [3.8, 4) is 0 Å². The molecule has 1 atom stereocenters. The number of rotatable bonds is 4. The normalized spacial score (nSPS) is 14.9. The number of hydrogen-bond acceptors (Lipinski definition) is 4. The SMILES string of the molecule is CC(Nc1ncnc2c1CCC2)c1ccc(CN)cc1. The highest BCUT2D eigenvalue weighted by Gasteiger charge is 2.18. The summed E-state index contributed by atoms with van der Waals surface area (Å²) >= 11 is 0. The Labute approximate surface area is 119 Å². The number of aryl methyl sites for hydroxylation is 1. The van der Waals surface area contributed by atoms with Crippen molar-refractivity contribution >= 4 is 5.82 Å². The van der Waals surface area contributed by atoms with Crippen molar-refractivity contribution < 1.29 is 0 Å². The van der Waals surface area contributed by atoms with Crippen LogP contribution in [0, 0.1) is 0 Å². The largest absolute Gasteiger partial charge is 0.363 e. The van der Waals surface area contributed by atoms with Gasteiger partial charge in [0.2, 0.25) is 0 Å². The first-order valence-electron chi connectivity index (χ1n) is 7.16. The van der Waals surface area contributed by atoms with E-state index in [0.717, 1.165) is 24.2 Å². The first-order chi connectivity index (χ1) is 9.78. The Morgan fingerprint density at radius 2 is 2.00 bits per heavy atom. The summed E-state index contributed by atoms with van der Waals surface area (Å²) in [7, 11) is 0. The lowest BCUT2D eigenvalue weighted by Crippen LogP contribution is -2.10. The monoisotopic (exact) mass is 268 g/mol. The maximum Gasteiger partial charge on any atom is 0.133 e. The summed E-state index contributed by atoms with van der Waals surface area (Å²) in [6.45, 7) is 2.74. The number of benzene rings is 1. The van der Waals surface area contributed by atoms with Gasteiger partial charge < -0.3 is 11.1 Å². The number of hydrogen-bond donors (Lipinski definition) is 2. The second-order valence-corrected chi connectivity index (χ2v) is 5.31. The number of fused-ring (bicyclic) bond motifs is 1. The topological polar surface area (TPSA) is 63.8 Å². The lowest BCUT2D eigenvalue weighted by molar-refractivity contribution is 0.861. The van der Waals surface area contributed by atoms with Gasteiger partial charge in [-0.15, -0.1) is 0 Å². The van der Waals surface area contributed by atoms with E-state index in [4.69, 9.17) is 5.73 Å². The molecule has 0 saturated heterocycles. The summed E-state index contributed by atoms with van der Waals surface area (Å²) in [6, 6.07) is 8.64. The fraction of sp³-hybridized carbons (Fsp3) is 0.375. The lowest BCUT2D eigenvalue weighted by Gasteiger charge is -2.17. The van der Waals surface area contributed by atoms with Crippen molar-refractivity contribution in [3.63, 3.8) is 0 Å². The molecule has 0 spiro atoms. The molecule has 20 heavy (non-hydrogen) atoms. The van der Waals surface area contributed by atoms with Crippen LogP contribution in [0.15, 0.2) is 30.6 Å². The highest BCUT2D eigenvalue weighted by molar-refractivity contribution is 5.49. The molecule has 0 aliphatic heterocycles. The standard InChI is InChI=1S/C16H20N4/c1-11(13-7-5-12(9-17)6-8-13)20-16-14-3-2-4-15(14)18-10-19-16/h5-8,10-11H,2-4,9,17H2,1H3,(H,18,19,20). The van der Waals surface area contributed by atoms with Crippen molar-refractivity contribution in [1.82, 2.24) is 9.97 Å². The van der Waals surface area contributed by atoms with Crippen LogP contribution < -0.4 is 11.1 Å². The van der Waals surface area contributed by atoms with E-state index >= 15 is 0 Å². The second kappa shape index (κ2) is 5.59. The first kappa shape index (κ1) is 13.1. The maximum absolute atomic E-state index is 5.63. The quantitative estimate of drug-likeness (QED) is 0.894. The molecule has 3 N–H and O–H groups in total. The van der Waals surface area contributed by atoms with Gasteiger partial charge in [0.15, 0.2) is 0 Å². The maximum atomic E-state index is 5.63. The van der Waals surface area contributed by atoms with Crippen molar-refractivity contribution in [3.05, 3.63) is 53.0 Å². The van der Waals surface area contributed by atoms with Crippen LogP contribution in [0.25, 0.3) is 0 Å². The van der Waals surface area contributed by atoms with Gasteiger partial charge in [-0.25, -0.2) is 9.97 Å². The van der Waals surface area contributed by atoms with E-state index in [1.165, 1.54) is 23.2 Å². The van der Waals surface area contributed by atoms with Crippen LogP contribution in [0.2, 0.25) is 0 Å². The highest BCUT2D eigenvalue weighted by Crippen LogP contribution is 2.27. The molecule has 1 aromatic heterocycles. The molecule has 0 saturated carbocycles. The molecule has 3 rings (SSSR count). The Balaban J connectivity index is 1.78. The molecular weight excluding hydrogens is 248 g/mol. The molecule has 1 aliphatic carbocycles. The van der Waals surface area contributed by atoms with E-state index in [1.807, 2.05) is 0 Å². The molecule has 4 heteroatoms. The Hall–Kier alpha value is -1.94. The Bertz CT molecular complexity index is 592. The van der Waals surface area contributed by atoms with E-state index in [9.17, 15) is 0 Å². The number of anilines is 1. The van der Waals surface area contributed by atoms with Crippen molar-refractivity contribution in [1.29, 1.82) is 0 Å². The molecule has 0 radical (unpaired) electrons.